The van der Waals surface area contributed by atoms with Gasteiger partial charge in [-0.1, -0.05) is 32.9 Å². The van der Waals surface area contributed by atoms with Crippen molar-refractivity contribution in [3.63, 3.8) is 0 Å². The van der Waals surface area contributed by atoms with Crippen molar-refractivity contribution in [1.82, 2.24) is 0 Å². The molecule has 1 aliphatic carbocycles. The third kappa shape index (κ3) is 3.49. The number of phenols is 1. The van der Waals surface area contributed by atoms with E-state index in [9.17, 15) is 9.90 Å². The molecule has 3 heteroatoms. The van der Waals surface area contributed by atoms with Gasteiger partial charge in [-0.05, 0) is 42.7 Å². The predicted molar refractivity (Wildman–Crippen MR) is 74.1 cm³/mol. The number of ether oxygens (including phenoxy) is 1. The van der Waals surface area contributed by atoms with Gasteiger partial charge in [-0.25, -0.2) is 4.79 Å². The molecule has 19 heavy (non-hydrogen) atoms. The van der Waals surface area contributed by atoms with Crippen molar-refractivity contribution < 1.29 is 20.1 Å². The number of benzene rings is 1. The Hall–Kier alpha value is -1.51. The fourth-order valence-electron chi connectivity index (χ4n) is 3.01. The average molecular weight is 266 g/mol. The molecule has 0 bridgehead atoms. The summed E-state index contributed by atoms with van der Waals surface area (Å²) in [5, 5.41) is 9.93. The Morgan fingerprint density at radius 1 is 1.42 bits per heavy atom. The van der Waals surface area contributed by atoms with Crippen LogP contribution in [0.2, 0.25) is 0 Å². The molecule has 0 aliphatic heterocycles. The molecule has 1 aliphatic rings. The number of carbonyl (C=O) groups is 1. The minimum Gasteiger partial charge on any atom is -0.507 e. The molecule has 3 nitrogen and oxygen atoms in total. The Bertz CT molecular complexity index is 614. The number of esters is 1. The third-order valence-corrected chi connectivity index (χ3v) is 3.49. The normalized spacial score (nSPS) is 28.8. The van der Waals surface area contributed by atoms with Crippen molar-refractivity contribution in [3.8, 4) is 5.75 Å². The van der Waals surface area contributed by atoms with Crippen LogP contribution in [0, 0.1) is 11.3 Å². The van der Waals surface area contributed by atoms with E-state index >= 15 is 0 Å². The van der Waals surface area contributed by atoms with Gasteiger partial charge in [0.15, 0.2) is 0 Å². The molecule has 0 radical (unpaired) electrons. The summed E-state index contributed by atoms with van der Waals surface area (Å²) in [6.07, 6.45) is 2.12. The number of carbonyl (C=O) groups excluding carboxylic acids is 1. The van der Waals surface area contributed by atoms with E-state index in [-0.39, 0.29) is 11.5 Å². The maximum absolute atomic E-state index is 12.4. The van der Waals surface area contributed by atoms with Gasteiger partial charge in [0.1, 0.15) is 17.4 Å². The molecule has 1 saturated carbocycles. The first kappa shape index (κ1) is 9.40. The Balaban J connectivity index is 2.28. The number of hydrogen-bond donors (Lipinski definition) is 1. The highest BCUT2D eigenvalue weighted by Gasteiger charge is 2.34. The first-order chi connectivity index (χ1) is 10.5. The van der Waals surface area contributed by atoms with Crippen LogP contribution in [0.3, 0.4) is 0 Å². The van der Waals surface area contributed by atoms with Gasteiger partial charge in [0.25, 0.3) is 0 Å². The van der Waals surface area contributed by atoms with Gasteiger partial charge in [0.2, 0.25) is 0 Å². The number of hydrogen-bond acceptors (Lipinski definition) is 3. The SMILES string of the molecule is [2H]c1c([2H])c([2H])c(C(=O)OC2CC(C)CC(C)(C)C2)c(O)c1[2H]. The summed E-state index contributed by atoms with van der Waals surface area (Å²) < 4.78 is 35.9. The van der Waals surface area contributed by atoms with Gasteiger partial charge in [0, 0.05) is 0 Å². The summed E-state index contributed by atoms with van der Waals surface area (Å²) in [6.45, 7) is 6.30. The van der Waals surface area contributed by atoms with Crippen LogP contribution in [0.4, 0.5) is 0 Å². The summed E-state index contributed by atoms with van der Waals surface area (Å²) in [5.41, 5.74) is -0.451. The van der Waals surface area contributed by atoms with Crippen molar-refractivity contribution in [1.29, 1.82) is 0 Å². The zero-order chi connectivity index (χ0) is 17.5. The van der Waals surface area contributed by atoms with E-state index in [1.165, 1.54) is 0 Å². The average Bonchev–Trinajstić information content (AvgIpc) is 2.41. The minimum absolute atomic E-state index is 0.0423. The molecular weight excluding hydrogens is 240 g/mol. The molecule has 0 spiro atoms. The largest absolute Gasteiger partial charge is 0.507 e. The van der Waals surface area contributed by atoms with Crippen molar-refractivity contribution >= 4 is 5.97 Å². The third-order valence-electron chi connectivity index (χ3n) is 3.49. The lowest BCUT2D eigenvalue weighted by molar-refractivity contribution is -0.00734. The summed E-state index contributed by atoms with van der Waals surface area (Å²) >= 11 is 0. The van der Waals surface area contributed by atoms with Gasteiger partial charge in [-0.3, -0.25) is 0 Å². The van der Waals surface area contributed by atoms with E-state index < -0.39 is 41.5 Å². The number of para-hydroxylation sites is 1. The van der Waals surface area contributed by atoms with Crippen LogP contribution in [-0.4, -0.2) is 17.2 Å². The van der Waals surface area contributed by atoms with Crippen molar-refractivity contribution in [2.45, 2.75) is 46.1 Å². The smallest absolute Gasteiger partial charge is 0.342 e. The summed E-state index contributed by atoms with van der Waals surface area (Å²) in [7, 11) is 0. The molecule has 1 N–H and O–H groups in total. The summed E-state index contributed by atoms with van der Waals surface area (Å²) in [6, 6.07) is -2.33. The topological polar surface area (TPSA) is 46.5 Å². The Labute approximate surface area is 120 Å². The van der Waals surface area contributed by atoms with Crippen LogP contribution in [-0.2, 0) is 4.74 Å². The molecule has 2 rings (SSSR count). The quantitative estimate of drug-likeness (QED) is 0.829. The van der Waals surface area contributed by atoms with Crippen molar-refractivity contribution in [2.75, 3.05) is 0 Å². The molecule has 0 aromatic heterocycles. The monoisotopic (exact) mass is 266 g/mol. The van der Waals surface area contributed by atoms with Gasteiger partial charge in [0.05, 0.1) is 5.48 Å². The first-order valence-corrected chi connectivity index (χ1v) is 6.54. The van der Waals surface area contributed by atoms with E-state index in [2.05, 4.69) is 20.8 Å². The summed E-state index contributed by atoms with van der Waals surface area (Å²) in [5.74, 6) is -1.26. The van der Waals surface area contributed by atoms with E-state index in [0.29, 0.717) is 18.8 Å². The zero-order valence-electron chi connectivity index (χ0n) is 15.5. The van der Waals surface area contributed by atoms with Crippen LogP contribution < -0.4 is 0 Å². The number of aromatic hydroxyl groups is 1. The van der Waals surface area contributed by atoms with E-state index in [0.717, 1.165) is 6.42 Å². The van der Waals surface area contributed by atoms with Crippen LogP contribution in [0.15, 0.2) is 24.2 Å². The molecule has 1 aromatic carbocycles. The van der Waals surface area contributed by atoms with Gasteiger partial charge >= 0.3 is 5.97 Å². The van der Waals surface area contributed by atoms with Crippen LogP contribution in [0.5, 0.6) is 5.75 Å². The predicted octanol–water partition coefficient (Wildman–Crippen LogP) is 3.76. The highest BCUT2D eigenvalue weighted by molar-refractivity contribution is 5.92. The molecule has 1 aromatic rings. The summed E-state index contributed by atoms with van der Waals surface area (Å²) in [4.78, 5) is 12.4. The van der Waals surface area contributed by atoms with E-state index in [4.69, 9.17) is 10.2 Å². The van der Waals surface area contributed by atoms with Crippen molar-refractivity contribution in [3.05, 3.63) is 29.7 Å². The van der Waals surface area contributed by atoms with Gasteiger partial charge < -0.3 is 9.84 Å². The molecule has 1 fully saturated rings. The highest BCUT2D eigenvalue weighted by Crippen LogP contribution is 2.40. The van der Waals surface area contributed by atoms with E-state index in [1.54, 1.807) is 0 Å². The zero-order valence-corrected chi connectivity index (χ0v) is 11.5. The van der Waals surface area contributed by atoms with E-state index in [1.807, 2.05) is 0 Å². The van der Waals surface area contributed by atoms with Gasteiger partial charge in [-0.15, -0.1) is 0 Å². The maximum atomic E-state index is 12.4. The first-order valence-electron chi connectivity index (χ1n) is 8.54. The maximum Gasteiger partial charge on any atom is 0.342 e. The van der Waals surface area contributed by atoms with Crippen molar-refractivity contribution in [2.24, 2.45) is 11.3 Å². The molecule has 2 atom stereocenters. The molecule has 0 heterocycles. The lowest BCUT2D eigenvalue weighted by Gasteiger charge is -2.38. The lowest BCUT2D eigenvalue weighted by Crippen LogP contribution is -2.34. The standard InChI is InChI=1S/C16H22O3/c1-11-8-12(10-16(2,3)9-11)19-15(18)13-6-4-5-7-14(13)17/h4-7,11-12,17H,8-10H2,1-3H3/i4D,5D,6D,7D. The molecule has 0 amide bonds. The molecule has 2 unspecified atom stereocenters. The van der Waals surface area contributed by atoms with Crippen LogP contribution >= 0.6 is 0 Å². The van der Waals surface area contributed by atoms with Crippen LogP contribution in [0.25, 0.3) is 0 Å². The second-order valence-electron chi connectivity index (χ2n) is 6.16. The lowest BCUT2D eigenvalue weighted by atomic mass is 9.71. The fraction of sp³-hybridized carbons (Fsp3) is 0.562. The Kier molecular flexibility index (Phi) is 2.59. The molecule has 104 valence electrons. The second kappa shape index (κ2) is 5.24. The Morgan fingerprint density at radius 3 is 2.79 bits per heavy atom. The fourth-order valence-corrected chi connectivity index (χ4v) is 3.01. The van der Waals surface area contributed by atoms with Crippen LogP contribution in [0.1, 0.15) is 55.9 Å². The minimum atomic E-state index is -0.899. The highest BCUT2D eigenvalue weighted by atomic mass is 16.5. The number of phenolic OH excluding ortho intramolecular Hbond substituents is 1. The van der Waals surface area contributed by atoms with Gasteiger partial charge in [-0.2, -0.15) is 0 Å². The molecule has 0 saturated heterocycles. The Morgan fingerprint density at radius 2 is 2.11 bits per heavy atom. The second-order valence-corrected chi connectivity index (χ2v) is 6.16. The number of rotatable bonds is 2. The molecular formula is C16H22O3.